The fraction of sp³-hybridized carbons (Fsp3) is 0. The second kappa shape index (κ2) is 4.33. The van der Waals surface area contributed by atoms with E-state index in [9.17, 15) is 0 Å². The van der Waals surface area contributed by atoms with Crippen LogP contribution in [0, 0.1) is 0 Å². The molecule has 4 heteroatoms. The molecule has 4 aromatic rings. The minimum atomic E-state index is 0.953. The van der Waals surface area contributed by atoms with E-state index >= 15 is 0 Å². The molecular formula is C15H10N2S2. The van der Waals surface area contributed by atoms with Crippen molar-refractivity contribution >= 4 is 33.7 Å². The summed E-state index contributed by atoms with van der Waals surface area (Å²) in [7, 11) is 0. The third kappa shape index (κ3) is 1.89. The van der Waals surface area contributed by atoms with E-state index in [1.807, 2.05) is 18.2 Å². The monoisotopic (exact) mass is 282 g/mol. The van der Waals surface area contributed by atoms with Crippen LogP contribution in [0.2, 0.25) is 0 Å². The highest BCUT2D eigenvalue weighted by molar-refractivity contribution is 7.23. The van der Waals surface area contributed by atoms with Crippen molar-refractivity contribution in [2.45, 2.75) is 0 Å². The third-order valence-corrected chi connectivity index (χ3v) is 5.15. The van der Waals surface area contributed by atoms with Crippen LogP contribution in [0.5, 0.6) is 0 Å². The van der Waals surface area contributed by atoms with Gasteiger partial charge in [-0.2, -0.15) is 0 Å². The number of nitrogens with one attached hydrogen (secondary N) is 1. The molecule has 3 aromatic heterocycles. The molecule has 0 radical (unpaired) electrons. The predicted octanol–water partition coefficient (Wildman–Crippen LogP) is 5.02. The van der Waals surface area contributed by atoms with E-state index in [2.05, 4.69) is 45.7 Å². The molecule has 0 amide bonds. The van der Waals surface area contributed by atoms with Gasteiger partial charge in [0.2, 0.25) is 0 Å². The van der Waals surface area contributed by atoms with Gasteiger partial charge in [0.05, 0.1) is 15.9 Å². The van der Waals surface area contributed by atoms with E-state index in [0.717, 1.165) is 16.9 Å². The number of hydrogen-bond donors (Lipinski definition) is 1. The lowest BCUT2D eigenvalue weighted by Crippen LogP contribution is -1.72. The largest absolute Gasteiger partial charge is 0.337 e. The van der Waals surface area contributed by atoms with Gasteiger partial charge < -0.3 is 4.98 Å². The van der Waals surface area contributed by atoms with Crippen molar-refractivity contribution in [3.8, 4) is 20.5 Å². The van der Waals surface area contributed by atoms with Crippen LogP contribution < -0.4 is 0 Å². The average molecular weight is 282 g/mol. The Labute approximate surface area is 118 Å². The summed E-state index contributed by atoms with van der Waals surface area (Å²) in [6.45, 7) is 0. The molecule has 0 saturated heterocycles. The maximum Gasteiger partial charge on any atom is 0.148 e. The number of H-pyrrole nitrogens is 1. The first-order chi connectivity index (χ1) is 9.40. The van der Waals surface area contributed by atoms with Gasteiger partial charge in [-0.05, 0) is 35.7 Å². The molecule has 0 bridgehead atoms. The number of nitrogens with zero attached hydrogens (tertiary/aromatic N) is 1. The number of hydrogen-bond acceptors (Lipinski definition) is 3. The van der Waals surface area contributed by atoms with Crippen molar-refractivity contribution in [1.82, 2.24) is 9.97 Å². The number of aromatic amines is 1. The van der Waals surface area contributed by atoms with E-state index in [0.29, 0.717) is 0 Å². The summed E-state index contributed by atoms with van der Waals surface area (Å²) >= 11 is 3.54. The number of benzene rings is 1. The summed E-state index contributed by atoms with van der Waals surface area (Å²) < 4.78 is 0. The minimum absolute atomic E-state index is 0.953. The molecule has 0 atom stereocenters. The lowest BCUT2D eigenvalue weighted by molar-refractivity contribution is 1.36. The number of aromatic nitrogens is 2. The zero-order valence-corrected chi connectivity index (χ0v) is 11.6. The molecule has 1 N–H and O–H groups in total. The summed E-state index contributed by atoms with van der Waals surface area (Å²) in [6, 6.07) is 16.7. The first-order valence-electron chi connectivity index (χ1n) is 5.99. The Hall–Kier alpha value is -1.91. The molecule has 4 rings (SSSR count). The van der Waals surface area contributed by atoms with Crippen molar-refractivity contribution in [3.63, 3.8) is 0 Å². The van der Waals surface area contributed by atoms with Crippen LogP contribution in [0.1, 0.15) is 0 Å². The van der Waals surface area contributed by atoms with E-state index in [1.165, 1.54) is 14.6 Å². The first kappa shape index (κ1) is 11.0. The summed E-state index contributed by atoms with van der Waals surface area (Å²) in [5.41, 5.74) is 2.10. The molecule has 0 saturated carbocycles. The quantitative estimate of drug-likeness (QED) is 0.549. The van der Waals surface area contributed by atoms with Crippen LogP contribution in [0.3, 0.4) is 0 Å². The van der Waals surface area contributed by atoms with Gasteiger partial charge in [-0.25, -0.2) is 4.98 Å². The van der Waals surface area contributed by atoms with Crippen LogP contribution in [-0.2, 0) is 0 Å². The van der Waals surface area contributed by atoms with Crippen LogP contribution >= 0.6 is 22.7 Å². The Balaban J connectivity index is 1.80. The van der Waals surface area contributed by atoms with Gasteiger partial charge in [-0.3, -0.25) is 0 Å². The molecular weight excluding hydrogens is 272 g/mol. The normalized spacial score (nSPS) is 11.2. The van der Waals surface area contributed by atoms with Gasteiger partial charge >= 0.3 is 0 Å². The highest BCUT2D eigenvalue weighted by Gasteiger charge is 2.09. The zero-order valence-electron chi connectivity index (χ0n) is 9.96. The molecule has 2 nitrogen and oxygen atoms in total. The lowest BCUT2D eigenvalue weighted by atomic mass is 10.3. The zero-order chi connectivity index (χ0) is 12.7. The molecule has 3 heterocycles. The Bertz CT molecular complexity index is 792. The van der Waals surface area contributed by atoms with E-state index in [1.54, 1.807) is 22.7 Å². The summed E-state index contributed by atoms with van der Waals surface area (Å²) in [5.74, 6) is 0.953. The summed E-state index contributed by atoms with van der Waals surface area (Å²) in [4.78, 5) is 11.8. The van der Waals surface area contributed by atoms with Crippen molar-refractivity contribution < 1.29 is 0 Å². The third-order valence-electron chi connectivity index (χ3n) is 2.99. The Morgan fingerprint density at radius 1 is 0.842 bits per heavy atom. The Kier molecular flexibility index (Phi) is 2.50. The molecule has 1 aromatic carbocycles. The highest BCUT2D eigenvalue weighted by Crippen LogP contribution is 2.35. The number of thiophene rings is 2. The standard InChI is InChI=1S/C15H10N2S2/c1-2-5-11-10(4-1)16-15(17-11)14-8-7-13(19-14)12-6-3-9-18-12/h1-9H,(H,16,17). The minimum Gasteiger partial charge on any atom is -0.337 e. The van der Waals surface area contributed by atoms with Gasteiger partial charge in [-0.15, -0.1) is 22.7 Å². The van der Waals surface area contributed by atoms with E-state index < -0.39 is 0 Å². The fourth-order valence-corrected chi connectivity index (χ4v) is 3.87. The van der Waals surface area contributed by atoms with Gasteiger partial charge in [0.15, 0.2) is 0 Å². The van der Waals surface area contributed by atoms with E-state index in [4.69, 9.17) is 0 Å². The molecule has 0 aliphatic carbocycles. The first-order valence-corrected chi connectivity index (χ1v) is 7.68. The SMILES string of the molecule is c1csc(-c2ccc(-c3nc4ccccc4[nH]3)s2)c1. The molecule has 0 fully saturated rings. The van der Waals surface area contributed by atoms with Gasteiger partial charge in [0.1, 0.15) is 5.82 Å². The second-order valence-corrected chi connectivity index (χ2v) is 6.28. The van der Waals surface area contributed by atoms with Crippen LogP contribution in [0.25, 0.3) is 31.5 Å². The maximum atomic E-state index is 4.64. The van der Waals surface area contributed by atoms with E-state index in [-0.39, 0.29) is 0 Å². The van der Waals surface area contributed by atoms with Gasteiger partial charge in [0, 0.05) is 9.75 Å². The van der Waals surface area contributed by atoms with Crippen molar-refractivity contribution in [2.75, 3.05) is 0 Å². The van der Waals surface area contributed by atoms with Crippen LogP contribution in [0.4, 0.5) is 0 Å². The van der Waals surface area contributed by atoms with Crippen molar-refractivity contribution in [3.05, 3.63) is 53.9 Å². The molecule has 0 spiro atoms. The van der Waals surface area contributed by atoms with Crippen LogP contribution in [0.15, 0.2) is 53.9 Å². The van der Waals surface area contributed by atoms with Gasteiger partial charge in [0.25, 0.3) is 0 Å². The molecule has 19 heavy (non-hydrogen) atoms. The van der Waals surface area contributed by atoms with Gasteiger partial charge in [-0.1, -0.05) is 18.2 Å². The van der Waals surface area contributed by atoms with Crippen LogP contribution in [-0.4, -0.2) is 9.97 Å². The smallest absolute Gasteiger partial charge is 0.148 e. The number of para-hydroxylation sites is 2. The average Bonchev–Trinajstić information content (AvgIpc) is 3.17. The number of fused-ring (bicyclic) bond motifs is 1. The maximum absolute atomic E-state index is 4.64. The highest BCUT2D eigenvalue weighted by atomic mass is 32.1. The second-order valence-electron chi connectivity index (χ2n) is 4.24. The summed E-state index contributed by atoms with van der Waals surface area (Å²) in [5, 5.41) is 2.11. The lowest BCUT2D eigenvalue weighted by Gasteiger charge is -1.89. The molecule has 92 valence electrons. The predicted molar refractivity (Wildman–Crippen MR) is 82.7 cm³/mol. The molecule has 0 unspecified atom stereocenters. The van der Waals surface area contributed by atoms with Crippen molar-refractivity contribution in [2.24, 2.45) is 0 Å². The number of imidazole rings is 1. The summed E-state index contributed by atoms with van der Waals surface area (Å²) in [6.07, 6.45) is 0. The fourth-order valence-electron chi connectivity index (χ4n) is 2.09. The molecule has 0 aliphatic heterocycles. The Morgan fingerprint density at radius 2 is 1.74 bits per heavy atom. The molecule has 0 aliphatic rings. The topological polar surface area (TPSA) is 28.7 Å². The Morgan fingerprint density at radius 3 is 2.58 bits per heavy atom. The van der Waals surface area contributed by atoms with Crippen molar-refractivity contribution in [1.29, 1.82) is 0 Å². The number of rotatable bonds is 2.